The first-order chi connectivity index (χ1) is 13.3. The van der Waals surface area contributed by atoms with Crippen LogP contribution in [-0.2, 0) is 4.74 Å². The maximum absolute atomic E-state index is 5.49. The van der Waals surface area contributed by atoms with E-state index in [0.717, 1.165) is 39.0 Å². The third kappa shape index (κ3) is 18.3. The molecule has 0 N–H and O–H groups in total. The van der Waals surface area contributed by atoms with Gasteiger partial charge in [-0.25, -0.2) is 0 Å². The SMILES string of the molecule is CCCCCCN(CC)CCC=COC=CCCN(CC)CCCCCC. The van der Waals surface area contributed by atoms with Crippen molar-refractivity contribution in [1.82, 2.24) is 9.80 Å². The lowest BCUT2D eigenvalue weighted by Gasteiger charge is -2.19. The van der Waals surface area contributed by atoms with Crippen molar-refractivity contribution in [2.24, 2.45) is 0 Å². The molecule has 3 heteroatoms. The van der Waals surface area contributed by atoms with Crippen molar-refractivity contribution >= 4 is 0 Å². The average molecular weight is 381 g/mol. The van der Waals surface area contributed by atoms with Crippen LogP contribution in [0.25, 0.3) is 0 Å². The molecule has 160 valence electrons. The second-order valence-electron chi connectivity index (χ2n) is 7.45. The summed E-state index contributed by atoms with van der Waals surface area (Å²) in [7, 11) is 0. The molecular weight excluding hydrogens is 332 g/mol. The summed E-state index contributed by atoms with van der Waals surface area (Å²) in [5.41, 5.74) is 0. The van der Waals surface area contributed by atoms with Crippen molar-refractivity contribution < 1.29 is 4.74 Å². The van der Waals surface area contributed by atoms with E-state index in [4.69, 9.17) is 4.74 Å². The highest BCUT2D eigenvalue weighted by molar-refractivity contribution is 4.81. The summed E-state index contributed by atoms with van der Waals surface area (Å²) >= 11 is 0. The van der Waals surface area contributed by atoms with Gasteiger partial charge in [-0.1, -0.05) is 66.2 Å². The summed E-state index contributed by atoms with van der Waals surface area (Å²) in [5, 5.41) is 0. The van der Waals surface area contributed by atoms with Crippen LogP contribution >= 0.6 is 0 Å². The first kappa shape index (κ1) is 26.2. The highest BCUT2D eigenvalue weighted by Gasteiger charge is 2.01. The molecule has 3 nitrogen and oxygen atoms in total. The van der Waals surface area contributed by atoms with Gasteiger partial charge < -0.3 is 14.5 Å². The average Bonchev–Trinajstić information content (AvgIpc) is 2.69. The zero-order valence-electron chi connectivity index (χ0n) is 18.9. The van der Waals surface area contributed by atoms with E-state index in [2.05, 4.69) is 49.6 Å². The first-order valence-corrected chi connectivity index (χ1v) is 11.7. The topological polar surface area (TPSA) is 15.7 Å². The number of rotatable bonds is 20. The quantitative estimate of drug-likeness (QED) is 0.174. The van der Waals surface area contributed by atoms with Gasteiger partial charge in [0, 0.05) is 13.1 Å². The number of unbranched alkanes of at least 4 members (excludes halogenated alkanes) is 6. The van der Waals surface area contributed by atoms with Gasteiger partial charge in [0.15, 0.2) is 0 Å². The number of nitrogens with zero attached hydrogens (tertiary/aromatic N) is 2. The molecule has 0 amide bonds. The van der Waals surface area contributed by atoms with Crippen LogP contribution < -0.4 is 0 Å². The molecule has 0 radical (unpaired) electrons. The van der Waals surface area contributed by atoms with Crippen LogP contribution in [0.15, 0.2) is 24.7 Å². The number of hydrogen-bond acceptors (Lipinski definition) is 3. The van der Waals surface area contributed by atoms with E-state index in [1.165, 1.54) is 64.5 Å². The summed E-state index contributed by atoms with van der Waals surface area (Å²) in [6.45, 7) is 16.1. The Morgan fingerprint density at radius 1 is 0.556 bits per heavy atom. The smallest absolute Gasteiger partial charge is 0.0861 e. The summed E-state index contributed by atoms with van der Waals surface area (Å²) in [5.74, 6) is 0. The van der Waals surface area contributed by atoms with Gasteiger partial charge >= 0.3 is 0 Å². The molecule has 0 aliphatic rings. The van der Waals surface area contributed by atoms with Crippen LogP contribution in [0.4, 0.5) is 0 Å². The predicted molar refractivity (Wildman–Crippen MR) is 121 cm³/mol. The molecule has 0 spiro atoms. The molecular formula is C24H48N2O. The Morgan fingerprint density at radius 2 is 1.00 bits per heavy atom. The normalized spacial score (nSPS) is 12.2. The van der Waals surface area contributed by atoms with E-state index in [-0.39, 0.29) is 0 Å². The Bertz CT molecular complexity index is 309. The van der Waals surface area contributed by atoms with Gasteiger partial charge in [0.05, 0.1) is 12.5 Å². The summed E-state index contributed by atoms with van der Waals surface area (Å²) in [4.78, 5) is 5.07. The predicted octanol–water partition coefficient (Wildman–Crippen LogP) is 6.62. The van der Waals surface area contributed by atoms with Crippen LogP contribution in [0.5, 0.6) is 0 Å². The molecule has 0 bridgehead atoms. The maximum atomic E-state index is 5.49. The van der Waals surface area contributed by atoms with Crippen LogP contribution in [-0.4, -0.2) is 49.1 Å². The van der Waals surface area contributed by atoms with Gasteiger partial charge in [-0.05, 0) is 64.0 Å². The zero-order chi connectivity index (χ0) is 20.0. The molecule has 0 saturated heterocycles. The minimum absolute atomic E-state index is 1.07. The molecule has 0 saturated carbocycles. The summed E-state index contributed by atoms with van der Waals surface area (Å²) in [6.07, 6.45) is 20.9. The van der Waals surface area contributed by atoms with Crippen molar-refractivity contribution in [1.29, 1.82) is 0 Å². The van der Waals surface area contributed by atoms with Crippen molar-refractivity contribution in [3.8, 4) is 0 Å². The highest BCUT2D eigenvalue weighted by Crippen LogP contribution is 2.03. The maximum Gasteiger partial charge on any atom is 0.0861 e. The van der Waals surface area contributed by atoms with Crippen molar-refractivity contribution in [2.75, 3.05) is 39.3 Å². The fraction of sp³-hybridized carbons (Fsp3) is 0.833. The molecule has 0 aliphatic heterocycles. The second kappa shape index (κ2) is 21.5. The summed E-state index contributed by atoms with van der Waals surface area (Å²) in [6, 6.07) is 0. The molecule has 0 rings (SSSR count). The minimum Gasteiger partial charge on any atom is -0.473 e. The second-order valence-corrected chi connectivity index (χ2v) is 7.45. The Hall–Kier alpha value is -0.800. The van der Waals surface area contributed by atoms with Gasteiger partial charge in [-0.3, -0.25) is 0 Å². The molecule has 0 aromatic carbocycles. The molecule has 0 fully saturated rings. The Balaban J connectivity index is 3.67. The van der Waals surface area contributed by atoms with Crippen molar-refractivity contribution in [3.63, 3.8) is 0 Å². The van der Waals surface area contributed by atoms with Crippen molar-refractivity contribution in [3.05, 3.63) is 24.7 Å². The number of hydrogen-bond donors (Lipinski definition) is 0. The number of ether oxygens (including phenoxy) is 1. The van der Waals surface area contributed by atoms with Crippen LogP contribution in [0.3, 0.4) is 0 Å². The van der Waals surface area contributed by atoms with E-state index >= 15 is 0 Å². The van der Waals surface area contributed by atoms with Gasteiger partial charge in [0.25, 0.3) is 0 Å². The molecule has 0 heterocycles. The van der Waals surface area contributed by atoms with E-state index < -0.39 is 0 Å². The lowest BCUT2D eigenvalue weighted by Crippen LogP contribution is -2.25. The lowest BCUT2D eigenvalue weighted by atomic mass is 10.2. The van der Waals surface area contributed by atoms with Crippen LogP contribution in [0.1, 0.15) is 91.9 Å². The van der Waals surface area contributed by atoms with Gasteiger partial charge in [-0.2, -0.15) is 0 Å². The third-order valence-electron chi connectivity index (χ3n) is 5.12. The largest absolute Gasteiger partial charge is 0.473 e. The lowest BCUT2D eigenvalue weighted by molar-refractivity contribution is 0.284. The Morgan fingerprint density at radius 3 is 1.37 bits per heavy atom. The van der Waals surface area contributed by atoms with Gasteiger partial charge in [0.2, 0.25) is 0 Å². The van der Waals surface area contributed by atoms with E-state index in [1.807, 2.05) is 12.5 Å². The third-order valence-corrected chi connectivity index (χ3v) is 5.12. The van der Waals surface area contributed by atoms with Gasteiger partial charge in [-0.15, -0.1) is 0 Å². The Labute approximate surface area is 170 Å². The highest BCUT2D eigenvalue weighted by atomic mass is 16.5. The molecule has 27 heavy (non-hydrogen) atoms. The molecule has 0 aromatic heterocycles. The fourth-order valence-corrected chi connectivity index (χ4v) is 3.19. The van der Waals surface area contributed by atoms with E-state index in [0.29, 0.717) is 0 Å². The molecule has 0 atom stereocenters. The first-order valence-electron chi connectivity index (χ1n) is 11.7. The van der Waals surface area contributed by atoms with E-state index in [1.54, 1.807) is 0 Å². The monoisotopic (exact) mass is 380 g/mol. The Kier molecular flexibility index (Phi) is 20.9. The molecule has 0 aromatic rings. The minimum atomic E-state index is 1.07. The van der Waals surface area contributed by atoms with Gasteiger partial charge in [0.1, 0.15) is 0 Å². The molecule has 0 aliphatic carbocycles. The van der Waals surface area contributed by atoms with E-state index in [9.17, 15) is 0 Å². The standard InChI is InChI=1S/C24H48N2O/c1-5-9-11-13-19-25(7-3)21-15-17-23-27-24-18-16-22-26(8-4)20-14-12-10-6-2/h17-18,23-24H,5-16,19-22H2,1-4H3. The van der Waals surface area contributed by atoms with Crippen LogP contribution in [0, 0.1) is 0 Å². The summed E-state index contributed by atoms with van der Waals surface area (Å²) < 4.78 is 5.49. The van der Waals surface area contributed by atoms with Crippen LogP contribution in [0.2, 0.25) is 0 Å². The zero-order valence-corrected chi connectivity index (χ0v) is 18.9. The fourth-order valence-electron chi connectivity index (χ4n) is 3.19. The van der Waals surface area contributed by atoms with Crippen molar-refractivity contribution in [2.45, 2.75) is 91.9 Å². The molecule has 0 unspecified atom stereocenters.